The average Bonchev–Trinajstić information content (AvgIpc) is 3.71. The van der Waals surface area contributed by atoms with Gasteiger partial charge in [-0.05, 0) is 92.2 Å². The molecule has 0 radical (unpaired) electrons. The molecule has 6 heteroatoms. The van der Waals surface area contributed by atoms with Crippen molar-refractivity contribution in [1.82, 2.24) is 19.9 Å². The highest BCUT2D eigenvalue weighted by molar-refractivity contribution is 6.24. The van der Waals surface area contributed by atoms with Gasteiger partial charge in [-0.3, -0.25) is 4.98 Å². The number of para-hydroxylation sites is 1. The molecule has 12 rings (SSSR count). The molecule has 0 saturated heterocycles. The van der Waals surface area contributed by atoms with Gasteiger partial charge in [0.15, 0.2) is 17.5 Å². The Morgan fingerprint density at radius 2 is 0.951 bits per heavy atom. The fraction of sp³-hybridized carbons (Fsp3) is 0. The van der Waals surface area contributed by atoms with Gasteiger partial charge in [-0.1, -0.05) is 133 Å². The van der Waals surface area contributed by atoms with E-state index in [1.165, 1.54) is 0 Å². The molecular weight excluding hydrogens is 747 g/mol. The molecule has 0 bridgehead atoms. The lowest BCUT2D eigenvalue weighted by Gasteiger charge is -2.17. The fourth-order valence-electron chi connectivity index (χ4n) is 8.94. The first-order chi connectivity index (χ1) is 30.2. The summed E-state index contributed by atoms with van der Waals surface area (Å²) in [6.07, 6.45) is 1.86. The van der Waals surface area contributed by atoms with Crippen LogP contribution in [-0.2, 0) is 0 Å². The summed E-state index contributed by atoms with van der Waals surface area (Å²) in [7, 11) is 0. The van der Waals surface area contributed by atoms with Crippen molar-refractivity contribution in [2.24, 2.45) is 0 Å². The van der Waals surface area contributed by atoms with Gasteiger partial charge in [0.05, 0.1) is 17.1 Å². The quantitative estimate of drug-likeness (QED) is 0.162. The summed E-state index contributed by atoms with van der Waals surface area (Å²) in [5, 5.41) is 19.6. The summed E-state index contributed by atoms with van der Waals surface area (Å²) < 4.78 is 6.27. The van der Waals surface area contributed by atoms with Gasteiger partial charge in [-0.2, -0.15) is 5.26 Å². The number of nitriles is 1. The zero-order valence-electron chi connectivity index (χ0n) is 32.5. The largest absolute Gasteiger partial charge is 0.456 e. The van der Waals surface area contributed by atoms with Crippen LogP contribution in [0.5, 0.6) is 0 Å². The number of hydrogen-bond acceptors (Lipinski definition) is 6. The highest BCUT2D eigenvalue weighted by Crippen LogP contribution is 2.43. The SMILES string of the molecule is N#Cc1ccc(-c2cc3c4ccccc4c(-c4cccc(-c5nc(-c6ccccc6)nc(-c6ccc7c(c6)oc6ccccc67)n5)c4)cc3c3cccnc23)c2ccccc12. The van der Waals surface area contributed by atoms with Gasteiger partial charge >= 0.3 is 0 Å². The Hall–Kier alpha value is -8.53. The number of aromatic nitrogens is 4. The molecule has 0 aliphatic rings. The van der Waals surface area contributed by atoms with Crippen LogP contribution in [-0.4, -0.2) is 19.9 Å². The second kappa shape index (κ2) is 13.8. The number of nitrogens with zero attached hydrogens (tertiary/aromatic N) is 5. The molecule has 61 heavy (non-hydrogen) atoms. The topological polar surface area (TPSA) is 88.5 Å². The minimum absolute atomic E-state index is 0.567. The Labute approximate surface area is 349 Å². The first-order valence-electron chi connectivity index (χ1n) is 20.2. The van der Waals surface area contributed by atoms with E-state index in [-0.39, 0.29) is 0 Å². The Kier molecular flexibility index (Phi) is 7.81. The van der Waals surface area contributed by atoms with E-state index >= 15 is 0 Å². The number of benzene rings is 9. The lowest BCUT2D eigenvalue weighted by Crippen LogP contribution is -2.00. The Balaban J connectivity index is 1.04. The van der Waals surface area contributed by atoms with Crippen molar-refractivity contribution in [1.29, 1.82) is 5.26 Å². The zero-order chi connectivity index (χ0) is 40.4. The number of pyridine rings is 1. The van der Waals surface area contributed by atoms with Gasteiger partial charge < -0.3 is 4.42 Å². The number of fused-ring (bicyclic) bond motifs is 9. The van der Waals surface area contributed by atoms with Crippen LogP contribution in [0.1, 0.15) is 5.56 Å². The standard InChI is InChI=1S/C55H31N5O/c56-32-37-24-25-42(39-17-5-4-16-38(37)39)49-31-47-41-19-7-6-18-40(41)46(30-48(47)45-21-11-27-57-52(45)49)34-14-10-15-35(28-34)54-58-53(33-12-2-1-3-13-33)59-55(60-54)36-23-26-44-43-20-8-9-22-50(43)61-51(44)29-36/h1-31H. The molecule has 0 unspecified atom stereocenters. The third kappa shape index (κ3) is 5.64. The molecule has 0 spiro atoms. The number of rotatable bonds is 5. The van der Waals surface area contributed by atoms with Crippen LogP contribution in [0.2, 0.25) is 0 Å². The van der Waals surface area contributed by atoms with Crippen LogP contribution in [0.15, 0.2) is 193 Å². The van der Waals surface area contributed by atoms with Gasteiger partial charge in [-0.15, -0.1) is 0 Å². The number of furan rings is 1. The van der Waals surface area contributed by atoms with Crippen molar-refractivity contribution in [3.05, 3.63) is 194 Å². The highest BCUT2D eigenvalue weighted by atomic mass is 16.3. The van der Waals surface area contributed by atoms with Crippen molar-refractivity contribution in [2.75, 3.05) is 0 Å². The average molecular weight is 778 g/mol. The van der Waals surface area contributed by atoms with E-state index < -0.39 is 0 Å². The molecule has 0 aliphatic heterocycles. The Bertz CT molecular complexity index is 3790. The molecule has 0 saturated carbocycles. The maximum atomic E-state index is 9.93. The second-order valence-corrected chi connectivity index (χ2v) is 15.3. The predicted octanol–water partition coefficient (Wildman–Crippen LogP) is 14.0. The van der Waals surface area contributed by atoms with Gasteiger partial charge in [0.2, 0.25) is 0 Å². The minimum Gasteiger partial charge on any atom is -0.456 e. The molecule has 282 valence electrons. The molecule has 0 fully saturated rings. The van der Waals surface area contributed by atoms with Gasteiger partial charge in [-0.25, -0.2) is 15.0 Å². The lowest BCUT2D eigenvalue weighted by atomic mass is 9.87. The Morgan fingerprint density at radius 3 is 1.75 bits per heavy atom. The van der Waals surface area contributed by atoms with E-state index in [0.717, 1.165) is 104 Å². The monoisotopic (exact) mass is 777 g/mol. The Morgan fingerprint density at radius 1 is 0.361 bits per heavy atom. The van der Waals surface area contributed by atoms with Crippen LogP contribution >= 0.6 is 0 Å². The second-order valence-electron chi connectivity index (χ2n) is 15.3. The van der Waals surface area contributed by atoms with E-state index in [0.29, 0.717) is 23.0 Å². The molecule has 3 aromatic heterocycles. The molecule has 0 N–H and O–H groups in total. The van der Waals surface area contributed by atoms with E-state index in [1.807, 2.05) is 91.1 Å². The summed E-state index contributed by atoms with van der Waals surface area (Å²) >= 11 is 0. The minimum atomic E-state index is 0.567. The molecule has 0 atom stereocenters. The van der Waals surface area contributed by atoms with Crippen LogP contribution < -0.4 is 0 Å². The van der Waals surface area contributed by atoms with E-state index in [9.17, 15) is 5.26 Å². The van der Waals surface area contributed by atoms with Crippen molar-refractivity contribution >= 4 is 65.2 Å². The molecule has 12 aromatic rings. The summed E-state index contributed by atoms with van der Waals surface area (Å²) in [5.41, 5.74) is 10.0. The molecule has 0 amide bonds. The van der Waals surface area contributed by atoms with Crippen LogP contribution in [0.4, 0.5) is 0 Å². The summed E-state index contributed by atoms with van der Waals surface area (Å²) in [6.45, 7) is 0. The molecular formula is C55H31N5O. The summed E-state index contributed by atoms with van der Waals surface area (Å²) in [4.78, 5) is 20.2. The van der Waals surface area contributed by atoms with Gasteiger partial charge in [0.25, 0.3) is 0 Å². The zero-order valence-corrected chi connectivity index (χ0v) is 32.5. The van der Waals surface area contributed by atoms with Crippen LogP contribution in [0.3, 0.4) is 0 Å². The molecule has 3 heterocycles. The fourth-order valence-corrected chi connectivity index (χ4v) is 8.94. The lowest BCUT2D eigenvalue weighted by molar-refractivity contribution is 0.669. The van der Waals surface area contributed by atoms with Crippen molar-refractivity contribution in [3.63, 3.8) is 0 Å². The van der Waals surface area contributed by atoms with E-state index in [4.69, 9.17) is 24.4 Å². The normalized spacial score (nSPS) is 11.6. The summed E-state index contributed by atoms with van der Waals surface area (Å²) in [6, 6.07) is 64.6. The van der Waals surface area contributed by atoms with Crippen molar-refractivity contribution in [3.8, 4) is 62.5 Å². The highest BCUT2D eigenvalue weighted by Gasteiger charge is 2.19. The predicted molar refractivity (Wildman–Crippen MR) is 247 cm³/mol. The number of hydrogen-bond donors (Lipinski definition) is 0. The van der Waals surface area contributed by atoms with Crippen molar-refractivity contribution in [2.45, 2.75) is 0 Å². The molecule has 6 nitrogen and oxygen atoms in total. The molecule has 0 aliphatic carbocycles. The van der Waals surface area contributed by atoms with E-state index in [1.54, 1.807) is 0 Å². The third-order valence-electron chi connectivity index (χ3n) is 11.8. The maximum Gasteiger partial charge on any atom is 0.164 e. The molecule has 9 aromatic carbocycles. The summed E-state index contributed by atoms with van der Waals surface area (Å²) in [5.74, 6) is 1.74. The van der Waals surface area contributed by atoms with Crippen LogP contribution in [0, 0.1) is 11.3 Å². The smallest absolute Gasteiger partial charge is 0.164 e. The van der Waals surface area contributed by atoms with Gasteiger partial charge in [0, 0.05) is 50.0 Å². The van der Waals surface area contributed by atoms with E-state index in [2.05, 4.69) is 103 Å². The van der Waals surface area contributed by atoms with Crippen LogP contribution in [0.25, 0.3) is 122 Å². The first kappa shape index (κ1) is 34.5. The third-order valence-corrected chi connectivity index (χ3v) is 11.8. The maximum absolute atomic E-state index is 9.93. The van der Waals surface area contributed by atoms with Crippen molar-refractivity contribution < 1.29 is 4.42 Å². The first-order valence-corrected chi connectivity index (χ1v) is 20.2. The van der Waals surface area contributed by atoms with Gasteiger partial charge in [0.1, 0.15) is 11.2 Å².